The van der Waals surface area contributed by atoms with Crippen molar-refractivity contribution in [3.05, 3.63) is 51.4 Å². The number of rotatable bonds is 3. The molecule has 1 aromatic heterocycles. The van der Waals surface area contributed by atoms with Crippen LogP contribution in [0.1, 0.15) is 47.1 Å². The molecule has 1 fully saturated rings. The van der Waals surface area contributed by atoms with Gasteiger partial charge in [-0.15, -0.1) is 0 Å². The van der Waals surface area contributed by atoms with Crippen molar-refractivity contribution in [1.29, 1.82) is 0 Å². The summed E-state index contributed by atoms with van der Waals surface area (Å²) in [6, 6.07) is 7.73. The third-order valence-corrected chi connectivity index (χ3v) is 6.62. The number of amides is 1. The average Bonchev–Trinajstić information content (AvgIpc) is 2.93. The van der Waals surface area contributed by atoms with Gasteiger partial charge in [-0.1, -0.05) is 24.3 Å². The van der Waals surface area contributed by atoms with Gasteiger partial charge in [0.15, 0.2) is 17.2 Å². The molecule has 1 aliphatic carbocycles. The van der Waals surface area contributed by atoms with E-state index in [1.54, 1.807) is 0 Å². The summed E-state index contributed by atoms with van der Waals surface area (Å²) < 4.78 is 6.25. The van der Waals surface area contributed by atoms with E-state index < -0.39 is 17.1 Å². The number of fused-ring (bicyclic) bond motifs is 1. The molecule has 8 nitrogen and oxygen atoms in total. The van der Waals surface area contributed by atoms with Crippen LogP contribution in [0.2, 0.25) is 0 Å². The van der Waals surface area contributed by atoms with Gasteiger partial charge >= 0.3 is 6.09 Å². The van der Waals surface area contributed by atoms with Crippen LogP contribution in [-0.2, 0) is 16.8 Å². The summed E-state index contributed by atoms with van der Waals surface area (Å²) in [6.45, 7) is 2.89. The number of hydrogen-bond donors (Lipinski definition) is 3. The Balaban J connectivity index is 2.11. The maximum atomic E-state index is 12.5. The number of hydrogen-bond acceptors (Lipinski definition) is 7. The largest absolute Gasteiger partial charge is 0.431 e. The van der Waals surface area contributed by atoms with Crippen LogP contribution in [0.25, 0.3) is 0 Å². The molecule has 2 heterocycles. The standard InChI is InChI=1S/C20H22BrN5O3/c1-11(27)14-15(26-17(22)16(21)25-14)20(29-18(23)28)13-5-3-2-4-12(13)10-19(20)6-8-24-9-7-19/h2-5,24H,6-10H2,1H3,(H2,22,26)(H2,23,28). The monoisotopic (exact) mass is 459 g/mol. The molecule has 1 spiro atoms. The maximum Gasteiger partial charge on any atom is 0.405 e. The molecule has 1 saturated heterocycles. The highest BCUT2D eigenvalue weighted by molar-refractivity contribution is 9.10. The topological polar surface area (TPSA) is 133 Å². The minimum absolute atomic E-state index is 0.113. The molecule has 1 aromatic carbocycles. The summed E-state index contributed by atoms with van der Waals surface area (Å²) in [5.74, 6) is -0.181. The molecule has 9 heteroatoms. The van der Waals surface area contributed by atoms with E-state index in [2.05, 4.69) is 31.2 Å². The maximum absolute atomic E-state index is 12.5. The van der Waals surface area contributed by atoms with E-state index in [-0.39, 0.29) is 27.6 Å². The molecule has 1 unspecified atom stereocenters. The molecule has 2 aliphatic rings. The minimum atomic E-state index is -1.35. The van der Waals surface area contributed by atoms with Crippen molar-refractivity contribution in [2.75, 3.05) is 18.8 Å². The molecule has 29 heavy (non-hydrogen) atoms. The molecule has 0 saturated carbocycles. The number of carbonyl (C=O) groups is 2. The molecule has 4 rings (SSSR count). The number of anilines is 1. The van der Waals surface area contributed by atoms with Crippen molar-refractivity contribution in [3.63, 3.8) is 0 Å². The van der Waals surface area contributed by atoms with E-state index in [4.69, 9.17) is 16.2 Å². The predicted octanol–water partition coefficient (Wildman–Crippen LogP) is 2.29. The predicted molar refractivity (Wildman–Crippen MR) is 110 cm³/mol. The molecule has 5 N–H and O–H groups in total. The van der Waals surface area contributed by atoms with Crippen LogP contribution in [0.5, 0.6) is 0 Å². The van der Waals surface area contributed by atoms with E-state index >= 15 is 0 Å². The number of nitrogens with zero attached hydrogens (tertiary/aromatic N) is 2. The zero-order valence-electron chi connectivity index (χ0n) is 16.0. The lowest BCUT2D eigenvalue weighted by atomic mass is 9.64. The van der Waals surface area contributed by atoms with Crippen molar-refractivity contribution in [1.82, 2.24) is 15.3 Å². The molecule has 0 bridgehead atoms. The molecule has 1 atom stereocenters. The van der Waals surface area contributed by atoms with E-state index in [1.165, 1.54) is 6.92 Å². The van der Waals surface area contributed by atoms with Gasteiger partial charge in [0.1, 0.15) is 16.0 Å². The number of nitrogens with one attached hydrogen (secondary N) is 1. The second-order valence-electron chi connectivity index (χ2n) is 7.62. The third kappa shape index (κ3) is 2.91. The highest BCUT2D eigenvalue weighted by Crippen LogP contribution is 2.60. The summed E-state index contributed by atoms with van der Waals surface area (Å²) in [5, 5.41) is 3.36. The second-order valence-corrected chi connectivity index (χ2v) is 8.37. The Morgan fingerprint density at radius 3 is 2.55 bits per heavy atom. The molecule has 2 aromatic rings. The number of Topliss-reactive ketones (excluding diaryl/α,β-unsaturated/α-hetero) is 1. The SMILES string of the molecule is CC(=O)c1nc(Br)c(N)nc1C1(OC(N)=O)c2ccccc2CC12CCNCC2. The zero-order chi connectivity index (χ0) is 20.8. The number of nitrogens with two attached hydrogens (primary N) is 2. The van der Waals surface area contributed by atoms with Crippen molar-refractivity contribution in [2.45, 2.75) is 31.8 Å². The van der Waals surface area contributed by atoms with E-state index in [0.29, 0.717) is 19.3 Å². The van der Waals surface area contributed by atoms with Crippen LogP contribution < -0.4 is 16.8 Å². The molecule has 1 amide bonds. The minimum Gasteiger partial charge on any atom is -0.431 e. The first-order valence-corrected chi connectivity index (χ1v) is 10.2. The fourth-order valence-electron chi connectivity index (χ4n) is 4.89. The molecule has 1 aliphatic heterocycles. The number of ketones is 1. The molecule has 0 radical (unpaired) electrons. The number of aromatic nitrogens is 2. The van der Waals surface area contributed by atoms with Crippen molar-refractivity contribution >= 4 is 33.6 Å². The van der Waals surface area contributed by atoms with Crippen LogP contribution in [0.3, 0.4) is 0 Å². The highest BCUT2D eigenvalue weighted by atomic mass is 79.9. The van der Waals surface area contributed by atoms with Gasteiger partial charge in [0.2, 0.25) is 0 Å². The number of primary amides is 1. The van der Waals surface area contributed by atoms with Crippen molar-refractivity contribution in [2.24, 2.45) is 11.1 Å². The lowest BCUT2D eigenvalue weighted by Crippen LogP contribution is -2.54. The van der Waals surface area contributed by atoms with Crippen LogP contribution in [0, 0.1) is 5.41 Å². The van der Waals surface area contributed by atoms with Crippen molar-refractivity contribution in [3.8, 4) is 0 Å². The Bertz CT molecular complexity index is 1010. The Kier molecular flexibility index (Phi) is 4.82. The smallest absolute Gasteiger partial charge is 0.405 e. The van der Waals surface area contributed by atoms with Gasteiger partial charge in [-0.3, -0.25) is 4.79 Å². The summed E-state index contributed by atoms with van der Waals surface area (Å²) in [4.78, 5) is 33.7. The van der Waals surface area contributed by atoms with E-state index in [9.17, 15) is 9.59 Å². The fourth-order valence-corrected chi connectivity index (χ4v) is 5.15. The summed E-state index contributed by atoms with van der Waals surface area (Å²) in [5.41, 5.74) is 12.0. The van der Waals surface area contributed by atoms with E-state index in [0.717, 1.165) is 24.2 Å². The highest BCUT2D eigenvalue weighted by Gasteiger charge is 2.63. The number of carbonyl (C=O) groups excluding carboxylic acids is 2. The zero-order valence-corrected chi connectivity index (χ0v) is 17.6. The number of ether oxygens (including phenoxy) is 1. The Morgan fingerprint density at radius 2 is 1.90 bits per heavy atom. The third-order valence-electron chi connectivity index (χ3n) is 6.03. The first-order chi connectivity index (χ1) is 13.8. The lowest BCUT2D eigenvalue weighted by molar-refractivity contribution is -0.0703. The van der Waals surface area contributed by atoms with Gasteiger partial charge < -0.3 is 21.5 Å². The van der Waals surface area contributed by atoms with Gasteiger partial charge in [-0.25, -0.2) is 14.8 Å². The number of halogens is 1. The first-order valence-electron chi connectivity index (χ1n) is 9.43. The Morgan fingerprint density at radius 1 is 1.21 bits per heavy atom. The quantitative estimate of drug-likeness (QED) is 0.599. The van der Waals surface area contributed by atoms with Crippen LogP contribution in [-0.4, -0.2) is 34.9 Å². The number of nitrogen functional groups attached to an aromatic ring is 1. The summed E-state index contributed by atoms with van der Waals surface area (Å²) in [7, 11) is 0. The van der Waals surface area contributed by atoms with Gasteiger partial charge in [0, 0.05) is 17.9 Å². The fraction of sp³-hybridized carbons (Fsp3) is 0.400. The molecule has 152 valence electrons. The van der Waals surface area contributed by atoms with Gasteiger partial charge in [0.05, 0.1) is 0 Å². The van der Waals surface area contributed by atoms with Gasteiger partial charge in [-0.05, 0) is 53.8 Å². The van der Waals surface area contributed by atoms with Crippen LogP contribution in [0.15, 0.2) is 28.9 Å². The Labute approximate surface area is 176 Å². The first kappa shape index (κ1) is 19.8. The lowest BCUT2D eigenvalue weighted by Gasteiger charge is -2.47. The number of piperidine rings is 1. The van der Waals surface area contributed by atoms with Crippen LogP contribution in [0.4, 0.5) is 10.6 Å². The van der Waals surface area contributed by atoms with Crippen molar-refractivity contribution < 1.29 is 14.3 Å². The Hall–Kier alpha value is -2.52. The van der Waals surface area contributed by atoms with Gasteiger partial charge in [-0.2, -0.15) is 0 Å². The van der Waals surface area contributed by atoms with E-state index in [1.807, 2.05) is 24.3 Å². The summed E-state index contributed by atoms with van der Waals surface area (Å²) in [6.07, 6.45) is 1.17. The van der Waals surface area contributed by atoms with Crippen LogP contribution >= 0.6 is 15.9 Å². The van der Waals surface area contributed by atoms with Gasteiger partial charge in [0.25, 0.3) is 0 Å². The number of benzene rings is 1. The molecular weight excluding hydrogens is 438 g/mol. The average molecular weight is 460 g/mol. The summed E-state index contributed by atoms with van der Waals surface area (Å²) >= 11 is 3.25. The second kappa shape index (κ2) is 7.07. The molecular formula is C20H22BrN5O3. The normalized spacial score (nSPS) is 22.3.